The number of hydrogen-bond donors (Lipinski definition) is 0. The van der Waals surface area contributed by atoms with Crippen LogP contribution in [-0.2, 0) is 7.05 Å². The van der Waals surface area contributed by atoms with E-state index >= 15 is 0 Å². The molecule has 0 fully saturated rings. The second-order valence-corrected chi connectivity index (χ2v) is 6.28. The average Bonchev–Trinajstić information content (AvgIpc) is 3.13. The van der Waals surface area contributed by atoms with Gasteiger partial charge < -0.3 is 4.57 Å². The molecule has 0 unspecified atom stereocenters. The van der Waals surface area contributed by atoms with Crippen LogP contribution in [0.2, 0.25) is 0 Å². The summed E-state index contributed by atoms with van der Waals surface area (Å²) in [4.78, 5) is 9.20. The van der Waals surface area contributed by atoms with E-state index in [9.17, 15) is 0 Å². The highest BCUT2D eigenvalue weighted by molar-refractivity contribution is 5.81. The molecule has 0 aliphatic heterocycles. The second-order valence-electron chi connectivity index (χ2n) is 6.28. The van der Waals surface area contributed by atoms with Crippen LogP contribution >= 0.6 is 0 Å². The first-order valence-electron chi connectivity index (χ1n) is 8.09. The molecule has 0 bridgehead atoms. The van der Waals surface area contributed by atoms with E-state index in [0.717, 1.165) is 28.2 Å². The monoisotopic (exact) mass is 316 g/mol. The number of nitrogens with zero attached hydrogens (tertiary/aromatic N) is 4. The van der Waals surface area contributed by atoms with E-state index in [4.69, 9.17) is 0 Å². The third kappa shape index (κ3) is 2.14. The summed E-state index contributed by atoms with van der Waals surface area (Å²) in [5, 5.41) is 0. The maximum atomic E-state index is 4.62. The van der Waals surface area contributed by atoms with Gasteiger partial charge in [-0.05, 0) is 50.1 Å². The number of para-hydroxylation sites is 1. The van der Waals surface area contributed by atoms with E-state index in [2.05, 4.69) is 69.3 Å². The fourth-order valence-corrected chi connectivity index (χ4v) is 3.33. The van der Waals surface area contributed by atoms with Gasteiger partial charge in [-0.15, -0.1) is 0 Å². The molecule has 2 heterocycles. The van der Waals surface area contributed by atoms with Crippen molar-refractivity contribution in [1.29, 1.82) is 0 Å². The molecule has 0 saturated carbocycles. The lowest BCUT2D eigenvalue weighted by Crippen LogP contribution is -2.01. The Hall–Kier alpha value is -2.88. The lowest BCUT2D eigenvalue weighted by atomic mass is 10.1. The van der Waals surface area contributed by atoms with Crippen molar-refractivity contribution in [3.63, 3.8) is 0 Å². The standard InChI is InChI=1S/C20H20N4/c1-13-6-5-7-14(2)19(13)24-11-10-21-20(24)16-8-9-17-18(12-16)23(4)15(3)22-17/h5-12H,1-4H3. The molecule has 4 aromatic rings. The van der Waals surface area contributed by atoms with Gasteiger partial charge in [0.15, 0.2) is 0 Å². The van der Waals surface area contributed by atoms with Gasteiger partial charge in [-0.25, -0.2) is 9.97 Å². The van der Waals surface area contributed by atoms with Crippen molar-refractivity contribution < 1.29 is 0 Å². The van der Waals surface area contributed by atoms with Crippen molar-refractivity contribution in [2.75, 3.05) is 0 Å². The molecule has 4 heteroatoms. The Kier molecular flexibility index (Phi) is 3.27. The highest BCUT2D eigenvalue weighted by Crippen LogP contribution is 2.28. The number of hydrogen-bond acceptors (Lipinski definition) is 2. The lowest BCUT2D eigenvalue weighted by Gasteiger charge is -2.14. The Labute approximate surface area is 141 Å². The summed E-state index contributed by atoms with van der Waals surface area (Å²) in [6.07, 6.45) is 3.89. The Morgan fingerprint density at radius 3 is 2.46 bits per heavy atom. The topological polar surface area (TPSA) is 35.6 Å². The van der Waals surface area contributed by atoms with Gasteiger partial charge >= 0.3 is 0 Å². The summed E-state index contributed by atoms with van der Waals surface area (Å²) in [7, 11) is 2.05. The third-order valence-electron chi connectivity index (χ3n) is 4.68. The van der Waals surface area contributed by atoms with E-state index in [0.29, 0.717) is 0 Å². The van der Waals surface area contributed by atoms with Crippen LogP contribution in [-0.4, -0.2) is 19.1 Å². The molecule has 24 heavy (non-hydrogen) atoms. The second kappa shape index (κ2) is 5.34. The highest BCUT2D eigenvalue weighted by Gasteiger charge is 2.13. The Balaban J connectivity index is 1.93. The maximum Gasteiger partial charge on any atom is 0.144 e. The minimum Gasteiger partial charge on any atom is -0.331 e. The van der Waals surface area contributed by atoms with E-state index in [1.54, 1.807) is 0 Å². The van der Waals surface area contributed by atoms with Crippen LogP contribution in [0, 0.1) is 20.8 Å². The van der Waals surface area contributed by atoms with Gasteiger partial charge in [0.05, 0.1) is 16.7 Å². The number of benzene rings is 2. The van der Waals surface area contributed by atoms with Gasteiger partial charge in [-0.2, -0.15) is 0 Å². The van der Waals surface area contributed by atoms with Crippen molar-refractivity contribution >= 4 is 11.0 Å². The molecule has 4 nitrogen and oxygen atoms in total. The van der Waals surface area contributed by atoms with Gasteiger partial charge in [-0.3, -0.25) is 4.57 Å². The number of imidazole rings is 2. The molecule has 0 spiro atoms. The first-order chi connectivity index (χ1) is 11.6. The summed E-state index contributed by atoms with van der Waals surface area (Å²) in [6.45, 7) is 6.30. The summed E-state index contributed by atoms with van der Waals surface area (Å²) < 4.78 is 4.29. The van der Waals surface area contributed by atoms with Crippen molar-refractivity contribution in [2.45, 2.75) is 20.8 Å². The first-order valence-corrected chi connectivity index (χ1v) is 8.09. The van der Waals surface area contributed by atoms with E-state index in [1.807, 2.05) is 26.4 Å². The Bertz CT molecular complexity index is 1030. The zero-order valence-corrected chi connectivity index (χ0v) is 14.4. The number of aromatic nitrogens is 4. The summed E-state index contributed by atoms with van der Waals surface area (Å²) >= 11 is 0. The number of fused-ring (bicyclic) bond motifs is 1. The summed E-state index contributed by atoms with van der Waals surface area (Å²) in [6, 6.07) is 12.7. The highest BCUT2D eigenvalue weighted by atomic mass is 15.1. The fourth-order valence-electron chi connectivity index (χ4n) is 3.33. The van der Waals surface area contributed by atoms with Gasteiger partial charge in [0.25, 0.3) is 0 Å². The molecule has 4 rings (SSSR count). The van der Waals surface area contributed by atoms with Gasteiger partial charge in [0.2, 0.25) is 0 Å². The molecule has 2 aromatic heterocycles. The van der Waals surface area contributed by atoms with Crippen molar-refractivity contribution in [3.05, 3.63) is 65.7 Å². The molecule has 2 aromatic carbocycles. The molecular formula is C20H20N4. The zero-order chi connectivity index (χ0) is 16.8. The molecule has 0 radical (unpaired) electrons. The lowest BCUT2D eigenvalue weighted by molar-refractivity contribution is 0.886. The van der Waals surface area contributed by atoms with Gasteiger partial charge in [0.1, 0.15) is 11.6 Å². The minimum atomic E-state index is 0.952. The van der Waals surface area contributed by atoms with Crippen LogP contribution < -0.4 is 0 Å². The Morgan fingerprint density at radius 2 is 1.71 bits per heavy atom. The number of rotatable bonds is 2. The van der Waals surface area contributed by atoms with Gasteiger partial charge in [-0.1, -0.05) is 18.2 Å². The molecule has 0 aliphatic carbocycles. The van der Waals surface area contributed by atoms with Gasteiger partial charge in [0, 0.05) is 25.0 Å². The van der Waals surface area contributed by atoms with Crippen LogP contribution in [0.25, 0.3) is 28.1 Å². The predicted octanol–water partition coefficient (Wildman–Crippen LogP) is 4.35. The quantitative estimate of drug-likeness (QED) is 0.551. The van der Waals surface area contributed by atoms with Crippen LogP contribution in [0.15, 0.2) is 48.8 Å². The first kappa shape index (κ1) is 14.7. The van der Waals surface area contributed by atoms with Crippen LogP contribution in [0.4, 0.5) is 0 Å². The summed E-state index contributed by atoms with van der Waals surface area (Å²) in [5.41, 5.74) is 6.92. The van der Waals surface area contributed by atoms with E-state index in [1.165, 1.54) is 16.8 Å². The molecule has 0 aliphatic rings. The van der Waals surface area contributed by atoms with Crippen LogP contribution in [0.5, 0.6) is 0 Å². The molecular weight excluding hydrogens is 296 g/mol. The third-order valence-corrected chi connectivity index (χ3v) is 4.68. The van der Waals surface area contributed by atoms with Crippen molar-refractivity contribution in [3.8, 4) is 17.1 Å². The van der Waals surface area contributed by atoms with E-state index in [-0.39, 0.29) is 0 Å². The largest absolute Gasteiger partial charge is 0.331 e. The molecule has 0 N–H and O–H groups in total. The smallest absolute Gasteiger partial charge is 0.144 e. The molecule has 0 amide bonds. The SMILES string of the molecule is Cc1cccc(C)c1-n1ccnc1-c1ccc2nc(C)n(C)c2c1. The van der Waals surface area contributed by atoms with Crippen molar-refractivity contribution in [2.24, 2.45) is 7.05 Å². The molecule has 0 saturated heterocycles. The summed E-state index contributed by atoms with van der Waals surface area (Å²) in [5.74, 6) is 1.97. The predicted molar refractivity (Wildman–Crippen MR) is 97.5 cm³/mol. The maximum absolute atomic E-state index is 4.62. The zero-order valence-electron chi connectivity index (χ0n) is 14.4. The normalized spacial score (nSPS) is 11.3. The fraction of sp³-hybridized carbons (Fsp3) is 0.200. The molecule has 120 valence electrons. The van der Waals surface area contributed by atoms with Crippen LogP contribution in [0.1, 0.15) is 17.0 Å². The van der Waals surface area contributed by atoms with Crippen molar-refractivity contribution in [1.82, 2.24) is 19.1 Å². The van der Waals surface area contributed by atoms with E-state index < -0.39 is 0 Å². The number of aryl methyl sites for hydroxylation is 4. The van der Waals surface area contributed by atoms with Crippen LogP contribution in [0.3, 0.4) is 0 Å². The average molecular weight is 316 g/mol. The Morgan fingerprint density at radius 1 is 0.958 bits per heavy atom. The minimum absolute atomic E-state index is 0.952. The molecule has 0 atom stereocenters.